The number of aromatic nitrogens is 3. The van der Waals surface area contributed by atoms with Gasteiger partial charge in [-0.3, -0.25) is 5.43 Å². The van der Waals surface area contributed by atoms with Crippen molar-refractivity contribution in [3.63, 3.8) is 0 Å². The minimum absolute atomic E-state index is 0.359. The zero-order chi connectivity index (χ0) is 13.0. The maximum atomic E-state index is 5.36. The first kappa shape index (κ1) is 13.4. The summed E-state index contributed by atoms with van der Waals surface area (Å²) in [4.78, 5) is 16.6. The third kappa shape index (κ3) is 3.16. The van der Waals surface area contributed by atoms with Crippen LogP contribution in [0.3, 0.4) is 0 Å². The molecule has 0 saturated carbocycles. The molecule has 7 nitrogen and oxygen atoms in total. The Kier molecular flexibility index (Phi) is 4.45. The van der Waals surface area contributed by atoms with Crippen LogP contribution in [0.5, 0.6) is 0 Å². The molecule has 0 aromatic carbocycles. The van der Waals surface area contributed by atoms with Crippen LogP contribution in [0, 0.1) is 0 Å². The van der Waals surface area contributed by atoms with E-state index in [0.717, 1.165) is 6.42 Å². The summed E-state index contributed by atoms with van der Waals surface area (Å²) in [6.45, 7) is 4.24. The van der Waals surface area contributed by atoms with Gasteiger partial charge in [-0.2, -0.15) is 15.0 Å². The summed E-state index contributed by atoms with van der Waals surface area (Å²) in [7, 11) is 5.72. The molecule has 1 aromatic rings. The van der Waals surface area contributed by atoms with Crippen molar-refractivity contribution in [2.24, 2.45) is 5.84 Å². The van der Waals surface area contributed by atoms with Gasteiger partial charge in [0.25, 0.3) is 0 Å². The quantitative estimate of drug-likeness (QED) is 0.570. The Hall–Kier alpha value is -1.63. The molecule has 0 bridgehead atoms. The number of nitrogens with two attached hydrogens (primary N) is 1. The van der Waals surface area contributed by atoms with Crippen LogP contribution in [0.4, 0.5) is 17.8 Å². The van der Waals surface area contributed by atoms with Crippen molar-refractivity contribution in [2.45, 2.75) is 26.3 Å². The molecular formula is C10H21N7. The zero-order valence-electron chi connectivity index (χ0n) is 11.1. The lowest BCUT2D eigenvalue weighted by atomic mass is 10.2. The van der Waals surface area contributed by atoms with Gasteiger partial charge in [-0.25, -0.2) is 5.84 Å². The van der Waals surface area contributed by atoms with Crippen molar-refractivity contribution < 1.29 is 0 Å². The van der Waals surface area contributed by atoms with Gasteiger partial charge in [0.05, 0.1) is 0 Å². The molecule has 0 aliphatic heterocycles. The van der Waals surface area contributed by atoms with Crippen LogP contribution in [0.25, 0.3) is 0 Å². The first-order valence-corrected chi connectivity index (χ1v) is 5.62. The Morgan fingerprint density at radius 3 is 2.24 bits per heavy atom. The second-order valence-corrected chi connectivity index (χ2v) is 4.17. The van der Waals surface area contributed by atoms with Crippen molar-refractivity contribution in [3.05, 3.63) is 0 Å². The molecule has 0 aliphatic rings. The molecular weight excluding hydrogens is 218 g/mol. The lowest BCUT2D eigenvalue weighted by Gasteiger charge is -2.24. The fraction of sp³-hybridized carbons (Fsp3) is 0.700. The first-order chi connectivity index (χ1) is 7.99. The average molecular weight is 239 g/mol. The predicted octanol–water partition coefficient (Wildman–Crippen LogP) is 0.458. The molecule has 7 heteroatoms. The second kappa shape index (κ2) is 5.62. The van der Waals surface area contributed by atoms with Gasteiger partial charge in [0, 0.05) is 27.2 Å². The molecule has 0 aliphatic carbocycles. The van der Waals surface area contributed by atoms with Gasteiger partial charge in [0.2, 0.25) is 17.8 Å². The van der Waals surface area contributed by atoms with E-state index in [4.69, 9.17) is 5.84 Å². The molecule has 0 amide bonds. The first-order valence-electron chi connectivity index (χ1n) is 5.62. The van der Waals surface area contributed by atoms with Crippen LogP contribution < -0.4 is 21.1 Å². The second-order valence-electron chi connectivity index (χ2n) is 4.17. The normalized spacial score (nSPS) is 12.1. The number of nitrogen functional groups attached to an aromatic ring is 1. The molecule has 1 aromatic heterocycles. The van der Waals surface area contributed by atoms with Gasteiger partial charge in [0.15, 0.2) is 0 Å². The smallest absolute Gasteiger partial charge is 0.243 e. The molecule has 0 radical (unpaired) electrons. The minimum Gasteiger partial charge on any atom is -0.347 e. The number of hydrazine groups is 1. The van der Waals surface area contributed by atoms with Crippen molar-refractivity contribution in [1.29, 1.82) is 0 Å². The maximum Gasteiger partial charge on any atom is 0.243 e. The van der Waals surface area contributed by atoms with E-state index in [9.17, 15) is 0 Å². The summed E-state index contributed by atoms with van der Waals surface area (Å²) in [5, 5.41) is 0. The van der Waals surface area contributed by atoms with E-state index in [1.807, 2.05) is 30.9 Å². The largest absolute Gasteiger partial charge is 0.347 e. The molecule has 17 heavy (non-hydrogen) atoms. The summed E-state index contributed by atoms with van der Waals surface area (Å²) in [5.41, 5.74) is 2.46. The Balaban J connectivity index is 3.10. The number of rotatable bonds is 5. The number of anilines is 3. The van der Waals surface area contributed by atoms with Crippen LogP contribution >= 0.6 is 0 Å². The summed E-state index contributed by atoms with van der Waals surface area (Å²) in [6, 6.07) is 0.359. The molecule has 0 spiro atoms. The van der Waals surface area contributed by atoms with Crippen molar-refractivity contribution in [2.75, 3.05) is 36.4 Å². The minimum atomic E-state index is 0.359. The summed E-state index contributed by atoms with van der Waals surface area (Å²) < 4.78 is 0. The Morgan fingerprint density at radius 1 is 1.18 bits per heavy atom. The van der Waals surface area contributed by atoms with Crippen molar-refractivity contribution >= 4 is 17.8 Å². The highest BCUT2D eigenvalue weighted by Gasteiger charge is 2.14. The summed E-state index contributed by atoms with van der Waals surface area (Å²) in [5.74, 6) is 6.92. The SMILES string of the molecule is CCC(C)N(C)c1nc(NN)nc(N(C)C)n1. The molecule has 0 fully saturated rings. The van der Waals surface area contributed by atoms with Crippen LogP contribution in [-0.4, -0.2) is 42.1 Å². The summed E-state index contributed by atoms with van der Waals surface area (Å²) in [6.07, 6.45) is 1.02. The zero-order valence-corrected chi connectivity index (χ0v) is 11.1. The van der Waals surface area contributed by atoms with E-state index in [0.29, 0.717) is 23.9 Å². The van der Waals surface area contributed by atoms with Crippen LogP contribution in [0.1, 0.15) is 20.3 Å². The number of nitrogens with one attached hydrogen (secondary N) is 1. The topological polar surface area (TPSA) is 83.2 Å². The molecule has 1 heterocycles. The van der Waals surface area contributed by atoms with Crippen LogP contribution in [0.2, 0.25) is 0 Å². The molecule has 3 N–H and O–H groups in total. The van der Waals surface area contributed by atoms with Crippen molar-refractivity contribution in [3.8, 4) is 0 Å². The highest BCUT2D eigenvalue weighted by atomic mass is 15.4. The van der Waals surface area contributed by atoms with Crippen LogP contribution in [-0.2, 0) is 0 Å². The number of hydrogen-bond acceptors (Lipinski definition) is 7. The van der Waals surface area contributed by atoms with Gasteiger partial charge in [-0.1, -0.05) is 6.92 Å². The summed E-state index contributed by atoms with van der Waals surface area (Å²) >= 11 is 0. The highest BCUT2D eigenvalue weighted by Crippen LogP contribution is 2.16. The van der Waals surface area contributed by atoms with E-state index < -0.39 is 0 Å². The highest BCUT2D eigenvalue weighted by molar-refractivity contribution is 5.44. The van der Waals surface area contributed by atoms with Gasteiger partial charge in [-0.15, -0.1) is 0 Å². The fourth-order valence-electron chi connectivity index (χ4n) is 1.25. The molecule has 1 unspecified atom stereocenters. The lowest BCUT2D eigenvalue weighted by molar-refractivity contribution is 0.646. The van der Waals surface area contributed by atoms with E-state index >= 15 is 0 Å². The molecule has 96 valence electrons. The molecule has 1 atom stereocenters. The Morgan fingerprint density at radius 2 is 1.76 bits per heavy atom. The van der Waals surface area contributed by atoms with E-state index in [1.165, 1.54) is 0 Å². The predicted molar refractivity (Wildman–Crippen MR) is 70.1 cm³/mol. The van der Waals surface area contributed by atoms with Gasteiger partial charge < -0.3 is 9.80 Å². The van der Waals surface area contributed by atoms with E-state index in [1.54, 1.807) is 0 Å². The standard InChI is InChI=1S/C10H21N7/c1-6-7(2)17(5)10-13-8(15-11)12-9(14-10)16(3)4/h7H,6,11H2,1-5H3,(H,12,13,14,15). The Bertz CT molecular complexity index is 366. The third-order valence-electron chi connectivity index (χ3n) is 2.71. The monoisotopic (exact) mass is 239 g/mol. The van der Waals surface area contributed by atoms with Gasteiger partial charge in [-0.05, 0) is 13.3 Å². The van der Waals surface area contributed by atoms with E-state index in [-0.39, 0.29) is 0 Å². The van der Waals surface area contributed by atoms with Crippen molar-refractivity contribution in [1.82, 2.24) is 15.0 Å². The lowest BCUT2D eigenvalue weighted by Crippen LogP contribution is -2.31. The van der Waals surface area contributed by atoms with Gasteiger partial charge in [0.1, 0.15) is 0 Å². The molecule has 0 saturated heterocycles. The van der Waals surface area contributed by atoms with Gasteiger partial charge >= 0.3 is 0 Å². The number of nitrogens with zero attached hydrogens (tertiary/aromatic N) is 5. The van der Waals surface area contributed by atoms with Crippen LogP contribution in [0.15, 0.2) is 0 Å². The van der Waals surface area contributed by atoms with E-state index in [2.05, 4.69) is 34.2 Å². The fourth-order valence-corrected chi connectivity index (χ4v) is 1.25. The average Bonchev–Trinajstić information content (AvgIpc) is 2.36. The third-order valence-corrected chi connectivity index (χ3v) is 2.71. The number of hydrogen-bond donors (Lipinski definition) is 2. The Labute approximate surface area is 102 Å². The molecule has 1 rings (SSSR count). The maximum absolute atomic E-state index is 5.36.